The Kier molecular flexibility index (Phi) is 9.33. The molecule has 164 valence electrons. The van der Waals surface area contributed by atoms with E-state index in [1.807, 2.05) is 36.4 Å². The average molecular weight is 425 g/mol. The topological polar surface area (TPSA) is 0 Å². The first-order valence-corrected chi connectivity index (χ1v) is 11.8. The third kappa shape index (κ3) is 7.24. The van der Waals surface area contributed by atoms with Gasteiger partial charge in [-0.05, 0) is 84.7 Å². The van der Waals surface area contributed by atoms with Crippen LogP contribution < -0.4 is 0 Å². The number of allylic oxidation sites excluding steroid dienone is 2. The molecule has 0 N–H and O–H groups in total. The first kappa shape index (κ1) is 23.6. The maximum Gasteiger partial charge on any atom is 0.127 e. The third-order valence-electron chi connectivity index (χ3n) is 5.63. The summed E-state index contributed by atoms with van der Waals surface area (Å²) in [5.74, 6) is 6.37. The van der Waals surface area contributed by atoms with E-state index in [9.17, 15) is 4.39 Å². The lowest BCUT2D eigenvalue weighted by Gasteiger charge is -2.07. The van der Waals surface area contributed by atoms with E-state index in [4.69, 9.17) is 0 Å². The summed E-state index contributed by atoms with van der Waals surface area (Å²) in [6.45, 7) is 4.32. The summed E-state index contributed by atoms with van der Waals surface area (Å²) in [5.41, 5.74) is 6.04. The van der Waals surface area contributed by atoms with Crippen molar-refractivity contribution in [2.45, 2.75) is 58.8 Å². The van der Waals surface area contributed by atoms with Crippen molar-refractivity contribution in [1.29, 1.82) is 0 Å². The highest BCUT2D eigenvalue weighted by Gasteiger charge is 2.05. The van der Waals surface area contributed by atoms with E-state index in [0.717, 1.165) is 72.8 Å². The zero-order chi connectivity index (χ0) is 22.6. The highest BCUT2D eigenvalue weighted by atomic mass is 19.1. The van der Waals surface area contributed by atoms with Crippen LogP contribution >= 0.6 is 0 Å². The normalized spacial score (nSPS) is 10.8. The van der Waals surface area contributed by atoms with Gasteiger partial charge in [0.05, 0.1) is 0 Å². The minimum atomic E-state index is -0.104. The fraction of sp³-hybridized carbons (Fsp3) is 0.290. The van der Waals surface area contributed by atoms with Gasteiger partial charge in [-0.15, -0.1) is 0 Å². The van der Waals surface area contributed by atoms with Crippen LogP contribution in [0.15, 0.2) is 78.9 Å². The molecule has 0 spiro atoms. The fourth-order valence-electron chi connectivity index (χ4n) is 3.67. The maximum atomic E-state index is 14.5. The predicted octanol–water partition coefficient (Wildman–Crippen LogP) is 8.52. The van der Waals surface area contributed by atoms with Gasteiger partial charge < -0.3 is 0 Å². The second-order valence-electron chi connectivity index (χ2n) is 8.21. The first-order valence-electron chi connectivity index (χ1n) is 11.8. The minimum Gasteiger partial charge on any atom is -0.207 e. The van der Waals surface area contributed by atoms with E-state index < -0.39 is 0 Å². The van der Waals surface area contributed by atoms with Gasteiger partial charge in [-0.1, -0.05) is 87.1 Å². The Morgan fingerprint density at radius 2 is 1.38 bits per heavy atom. The van der Waals surface area contributed by atoms with Gasteiger partial charge in [0.1, 0.15) is 5.82 Å². The lowest BCUT2D eigenvalue weighted by Crippen LogP contribution is -1.92. The molecule has 0 bridgehead atoms. The summed E-state index contributed by atoms with van der Waals surface area (Å²) in [4.78, 5) is 0. The molecule has 3 aromatic rings. The van der Waals surface area contributed by atoms with E-state index in [0.29, 0.717) is 0 Å². The van der Waals surface area contributed by atoms with Crippen LogP contribution in [0.1, 0.15) is 68.2 Å². The van der Waals surface area contributed by atoms with Crippen LogP contribution in [0.25, 0.3) is 11.1 Å². The molecule has 0 aliphatic heterocycles. The molecule has 0 aromatic heterocycles. The molecule has 0 saturated heterocycles. The van der Waals surface area contributed by atoms with Gasteiger partial charge in [-0.3, -0.25) is 0 Å². The summed E-state index contributed by atoms with van der Waals surface area (Å²) in [7, 11) is 0. The first-order chi connectivity index (χ1) is 15.7. The number of halogens is 1. The second kappa shape index (κ2) is 12.7. The fourth-order valence-corrected chi connectivity index (χ4v) is 3.67. The van der Waals surface area contributed by atoms with Gasteiger partial charge >= 0.3 is 0 Å². The van der Waals surface area contributed by atoms with Crippen molar-refractivity contribution in [2.24, 2.45) is 0 Å². The molecule has 3 aromatic carbocycles. The van der Waals surface area contributed by atoms with Crippen LogP contribution in [-0.2, 0) is 12.8 Å². The molecule has 32 heavy (non-hydrogen) atoms. The van der Waals surface area contributed by atoms with Crippen LogP contribution in [0.2, 0.25) is 0 Å². The van der Waals surface area contributed by atoms with Crippen LogP contribution in [0.4, 0.5) is 4.39 Å². The molecule has 0 unspecified atom stereocenters. The van der Waals surface area contributed by atoms with Crippen LogP contribution in [-0.4, -0.2) is 0 Å². The summed E-state index contributed by atoms with van der Waals surface area (Å²) in [6.07, 6.45) is 11.8. The number of hydrogen-bond acceptors (Lipinski definition) is 0. The largest absolute Gasteiger partial charge is 0.207 e. The molecule has 0 aliphatic rings. The number of aryl methyl sites for hydroxylation is 2. The molecule has 0 heterocycles. The monoisotopic (exact) mass is 424 g/mol. The molecule has 0 radical (unpaired) electrons. The lowest BCUT2D eigenvalue weighted by atomic mass is 10.00. The van der Waals surface area contributed by atoms with E-state index >= 15 is 0 Å². The molecule has 0 saturated carbocycles. The number of rotatable bonds is 9. The predicted molar refractivity (Wildman–Crippen MR) is 135 cm³/mol. The average Bonchev–Trinajstić information content (AvgIpc) is 2.83. The minimum absolute atomic E-state index is 0.104. The van der Waals surface area contributed by atoms with Crippen LogP contribution in [0, 0.1) is 17.7 Å². The second-order valence-corrected chi connectivity index (χ2v) is 8.21. The zero-order valence-corrected chi connectivity index (χ0v) is 19.3. The van der Waals surface area contributed by atoms with Gasteiger partial charge in [-0.25, -0.2) is 4.39 Å². The Bertz CT molecular complexity index is 1060. The Balaban J connectivity index is 1.61. The van der Waals surface area contributed by atoms with Gasteiger partial charge in [0.15, 0.2) is 0 Å². The van der Waals surface area contributed by atoms with E-state index in [1.165, 1.54) is 5.56 Å². The zero-order valence-electron chi connectivity index (χ0n) is 19.3. The van der Waals surface area contributed by atoms with Gasteiger partial charge in [0.25, 0.3) is 0 Å². The molecule has 3 rings (SSSR count). The number of benzene rings is 3. The SMILES string of the molecule is CC/C=C/CCc1ccc(C#Cc2ccc(-c3ccc(CCCCC)c(F)c3)cc2)cc1. The number of hydrogen-bond donors (Lipinski definition) is 0. The lowest BCUT2D eigenvalue weighted by molar-refractivity contribution is 0.599. The summed E-state index contributed by atoms with van der Waals surface area (Å²) >= 11 is 0. The molecule has 0 aliphatic carbocycles. The molecule has 0 nitrogen and oxygen atoms in total. The van der Waals surface area contributed by atoms with Gasteiger partial charge in [0, 0.05) is 11.1 Å². The third-order valence-corrected chi connectivity index (χ3v) is 5.63. The summed E-state index contributed by atoms with van der Waals surface area (Å²) in [5, 5.41) is 0. The van der Waals surface area contributed by atoms with Gasteiger partial charge in [-0.2, -0.15) is 0 Å². The Labute approximate surface area is 193 Å². The standard InChI is InChI=1S/C31H33F/c1-3-5-7-9-10-25-12-14-26(15-13-25)16-17-27-18-20-28(21-19-27)30-23-22-29(31(32)24-30)11-8-6-4-2/h5,7,12-15,18-24H,3-4,6,8-11H2,1-2H3/b7-5+. The molecule has 0 amide bonds. The Hall–Kier alpha value is -3.11. The quantitative estimate of drug-likeness (QED) is 0.183. The molecular weight excluding hydrogens is 391 g/mol. The smallest absolute Gasteiger partial charge is 0.127 e. The van der Waals surface area contributed by atoms with Gasteiger partial charge in [0.2, 0.25) is 0 Å². The Morgan fingerprint density at radius 1 is 0.719 bits per heavy atom. The van der Waals surface area contributed by atoms with Crippen molar-refractivity contribution in [3.8, 4) is 23.0 Å². The summed E-state index contributed by atoms with van der Waals surface area (Å²) in [6, 6.07) is 22.1. The van der Waals surface area contributed by atoms with E-state index in [1.54, 1.807) is 6.07 Å². The van der Waals surface area contributed by atoms with Crippen molar-refractivity contribution in [3.63, 3.8) is 0 Å². The molecular formula is C31H33F. The molecule has 0 fully saturated rings. The van der Waals surface area contributed by atoms with Crippen molar-refractivity contribution in [1.82, 2.24) is 0 Å². The van der Waals surface area contributed by atoms with Crippen LogP contribution in [0.3, 0.4) is 0 Å². The molecule has 0 atom stereocenters. The highest BCUT2D eigenvalue weighted by Crippen LogP contribution is 2.23. The van der Waals surface area contributed by atoms with Crippen molar-refractivity contribution < 1.29 is 4.39 Å². The maximum absolute atomic E-state index is 14.5. The van der Waals surface area contributed by atoms with Crippen molar-refractivity contribution in [3.05, 3.63) is 107 Å². The van der Waals surface area contributed by atoms with E-state index in [2.05, 4.69) is 62.1 Å². The van der Waals surface area contributed by atoms with E-state index in [-0.39, 0.29) is 5.82 Å². The number of unbranched alkanes of at least 4 members (excludes halogenated alkanes) is 2. The molecule has 1 heteroatoms. The Morgan fingerprint density at radius 3 is 2.00 bits per heavy atom. The van der Waals surface area contributed by atoms with Crippen LogP contribution in [0.5, 0.6) is 0 Å². The highest BCUT2D eigenvalue weighted by molar-refractivity contribution is 5.65. The van der Waals surface area contributed by atoms with Crippen molar-refractivity contribution in [2.75, 3.05) is 0 Å². The van der Waals surface area contributed by atoms with Crippen molar-refractivity contribution >= 4 is 0 Å². The summed E-state index contributed by atoms with van der Waals surface area (Å²) < 4.78 is 14.5.